The van der Waals surface area contributed by atoms with Crippen molar-refractivity contribution in [2.75, 3.05) is 20.8 Å². The van der Waals surface area contributed by atoms with Crippen molar-refractivity contribution in [2.24, 2.45) is 0 Å². The van der Waals surface area contributed by atoms with E-state index in [1.807, 2.05) is 18.2 Å². The van der Waals surface area contributed by atoms with Gasteiger partial charge < -0.3 is 14.1 Å². The molecule has 0 aliphatic heterocycles. The van der Waals surface area contributed by atoms with Crippen LogP contribution in [0.1, 0.15) is 28.2 Å². The van der Waals surface area contributed by atoms with Gasteiger partial charge >= 0.3 is 0 Å². The van der Waals surface area contributed by atoms with Crippen LogP contribution in [0.15, 0.2) is 39.9 Å². The number of nitrogens with zero attached hydrogens (tertiary/aromatic N) is 4. The van der Waals surface area contributed by atoms with E-state index < -0.39 is 0 Å². The smallest absolute Gasteiger partial charge is 0.265 e. The lowest BCUT2D eigenvalue weighted by Crippen LogP contribution is -2.29. The number of aryl methyl sites for hydroxylation is 2. The van der Waals surface area contributed by atoms with E-state index in [1.54, 1.807) is 27.3 Å². The van der Waals surface area contributed by atoms with Gasteiger partial charge in [-0.05, 0) is 25.5 Å². The second kappa shape index (κ2) is 8.13. The highest BCUT2D eigenvalue weighted by Crippen LogP contribution is 2.22. The number of methoxy groups -OCH3 is 1. The summed E-state index contributed by atoms with van der Waals surface area (Å²) in [6.07, 6.45) is 3.78. The highest BCUT2D eigenvalue weighted by atomic mass is 16.5. The number of carbonyl (C=O) groups excluding carboxylic acids is 1. The van der Waals surface area contributed by atoms with Gasteiger partial charge in [0.25, 0.3) is 11.5 Å². The van der Waals surface area contributed by atoms with Crippen LogP contribution in [0.4, 0.5) is 0 Å². The molecule has 8 nitrogen and oxygen atoms in total. The van der Waals surface area contributed by atoms with Crippen LogP contribution in [0.25, 0.3) is 11.1 Å². The summed E-state index contributed by atoms with van der Waals surface area (Å²) < 4.78 is 12.1. The largest absolute Gasteiger partial charge is 0.442 e. The summed E-state index contributed by atoms with van der Waals surface area (Å²) in [4.78, 5) is 35.8. The molecule has 0 saturated heterocycles. The van der Waals surface area contributed by atoms with Gasteiger partial charge in [0.15, 0.2) is 0 Å². The van der Waals surface area contributed by atoms with Gasteiger partial charge in [0.2, 0.25) is 5.71 Å². The fourth-order valence-electron chi connectivity index (χ4n) is 2.93. The Morgan fingerprint density at radius 3 is 2.85 bits per heavy atom. The van der Waals surface area contributed by atoms with Gasteiger partial charge in [0.1, 0.15) is 17.5 Å². The Labute approximate surface area is 156 Å². The first-order valence-corrected chi connectivity index (χ1v) is 8.65. The number of hydrogen-bond donors (Lipinski definition) is 0. The quantitative estimate of drug-likeness (QED) is 0.591. The minimum Gasteiger partial charge on any atom is -0.442 e. The van der Waals surface area contributed by atoms with Crippen molar-refractivity contribution in [3.8, 4) is 0 Å². The van der Waals surface area contributed by atoms with E-state index in [-0.39, 0.29) is 28.1 Å². The molecule has 0 atom stereocenters. The van der Waals surface area contributed by atoms with Crippen LogP contribution in [0.5, 0.6) is 0 Å². The summed E-state index contributed by atoms with van der Waals surface area (Å²) in [5.74, 6) is 0.0764. The maximum Gasteiger partial charge on any atom is 0.265 e. The molecule has 1 amide bonds. The molecule has 3 heterocycles. The van der Waals surface area contributed by atoms with Crippen molar-refractivity contribution in [1.82, 2.24) is 19.4 Å². The van der Waals surface area contributed by atoms with Gasteiger partial charge in [-0.15, -0.1) is 0 Å². The van der Waals surface area contributed by atoms with Crippen LogP contribution in [-0.4, -0.2) is 46.1 Å². The maximum absolute atomic E-state index is 13.0. The predicted molar refractivity (Wildman–Crippen MR) is 99.5 cm³/mol. The lowest BCUT2D eigenvalue weighted by Gasteiger charge is -2.16. The number of fused-ring (bicyclic) bond motifs is 1. The molecule has 142 valence electrons. The summed E-state index contributed by atoms with van der Waals surface area (Å²) in [6.45, 7) is 2.98. The van der Waals surface area contributed by atoms with E-state index >= 15 is 0 Å². The molecule has 0 aliphatic rings. The first-order chi connectivity index (χ1) is 13.0. The maximum atomic E-state index is 13.0. The predicted octanol–water partition coefficient (Wildman–Crippen LogP) is 2.00. The SMILES string of the molecule is COCCCn1cnc2oc(C)c(C(=O)N(C)Cc3ccccn3)c2c1=O. The number of pyridine rings is 1. The lowest BCUT2D eigenvalue weighted by atomic mass is 10.1. The van der Waals surface area contributed by atoms with Crippen LogP contribution in [0.2, 0.25) is 0 Å². The number of carbonyl (C=O) groups is 1. The van der Waals surface area contributed by atoms with Crippen molar-refractivity contribution < 1.29 is 13.9 Å². The topological polar surface area (TPSA) is 90.5 Å². The molecule has 0 aromatic carbocycles. The molecular formula is C19H22N4O4. The van der Waals surface area contributed by atoms with Crippen molar-refractivity contribution in [3.05, 3.63) is 58.1 Å². The first kappa shape index (κ1) is 18.8. The minimum absolute atomic E-state index is 0.176. The number of amides is 1. The average Bonchev–Trinajstić information content (AvgIpc) is 3.00. The molecule has 27 heavy (non-hydrogen) atoms. The fraction of sp³-hybridized carbons (Fsp3) is 0.368. The van der Waals surface area contributed by atoms with Crippen LogP contribution < -0.4 is 5.56 Å². The van der Waals surface area contributed by atoms with E-state index in [2.05, 4.69) is 9.97 Å². The summed E-state index contributed by atoms with van der Waals surface area (Å²) in [6, 6.07) is 5.52. The van der Waals surface area contributed by atoms with E-state index in [1.165, 1.54) is 15.8 Å². The molecule has 0 N–H and O–H groups in total. The summed E-state index contributed by atoms with van der Waals surface area (Å²) >= 11 is 0. The molecule has 0 unspecified atom stereocenters. The first-order valence-electron chi connectivity index (χ1n) is 8.65. The molecule has 3 rings (SSSR count). The van der Waals surface area contributed by atoms with Crippen LogP contribution in [0, 0.1) is 6.92 Å². The standard InChI is InChI=1S/C19H22N4O4/c1-13-15(18(24)22(2)11-14-7-4-5-8-20-14)16-17(27-13)21-12-23(19(16)25)9-6-10-26-3/h4-5,7-8,12H,6,9-11H2,1-3H3. The van der Waals surface area contributed by atoms with Gasteiger partial charge in [0.05, 0.1) is 17.8 Å². The van der Waals surface area contributed by atoms with E-state index in [0.717, 1.165) is 5.69 Å². The number of aromatic nitrogens is 3. The second-order valence-corrected chi connectivity index (χ2v) is 6.29. The fourth-order valence-corrected chi connectivity index (χ4v) is 2.93. The van der Waals surface area contributed by atoms with E-state index in [0.29, 0.717) is 31.9 Å². The number of ether oxygens (including phenoxy) is 1. The van der Waals surface area contributed by atoms with E-state index in [9.17, 15) is 9.59 Å². The molecule has 8 heteroatoms. The Bertz CT molecular complexity index is 994. The minimum atomic E-state index is -0.301. The molecular weight excluding hydrogens is 348 g/mol. The normalized spacial score (nSPS) is 11.1. The Hall–Kier alpha value is -3.00. The molecule has 0 fully saturated rings. The number of hydrogen-bond acceptors (Lipinski definition) is 6. The van der Waals surface area contributed by atoms with Gasteiger partial charge in [-0.3, -0.25) is 19.1 Å². The highest BCUT2D eigenvalue weighted by Gasteiger charge is 2.25. The molecule has 0 aliphatic carbocycles. The van der Waals surface area contributed by atoms with Gasteiger partial charge in [-0.1, -0.05) is 6.07 Å². The van der Waals surface area contributed by atoms with E-state index in [4.69, 9.17) is 9.15 Å². The average molecular weight is 370 g/mol. The molecule has 3 aromatic rings. The lowest BCUT2D eigenvalue weighted by molar-refractivity contribution is 0.0783. The Morgan fingerprint density at radius 2 is 2.15 bits per heavy atom. The van der Waals surface area contributed by atoms with Crippen molar-refractivity contribution in [2.45, 2.75) is 26.4 Å². The zero-order valence-electron chi connectivity index (χ0n) is 15.6. The van der Waals surface area contributed by atoms with Crippen molar-refractivity contribution in [3.63, 3.8) is 0 Å². The molecule has 0 radical (unpaired) electrons. The number of rotatable bonds is 7. The summed E-state index contributed by atoms with van der Waals surface area (Å²) in [5.41, 5.74) is 0.897. The molecule has 0 bridgehead atoms. The Kier molecular flexibility index (Phi) is 5.66. The number of furan rings is 1. The summed E-state index contributed by atoms with van der Waals surface area (Å²) in [5, 5.41) is 0.213. The zero-order chi connectivity index (χ0) is 19.4. The van der Waals surface area contributed by atoms with Crippen LogP contribution >= 0.6 is 0 Å². The van der Waals surface area contributed by atoms with Crippen LogP contribution in [0.3, 0.4) is 0 Å². The third-order valence-electron chi connectivity index (χ3n) is 4.29. The zero-order valence-corrected chi connectivity index (χ0v) is 15.6. The van der Waals surface area contributed by atoms with Crippen molar-refractivity contribution in [1.29, 1.82) is 0 Å². The second-order valence-electron chi connectivity index (χ2n) is 6.29. The monoisotopic (exact) mass is 370 g/mol. The Balaban J connectivity index is 1.95. The third kappa shape index (κ3) is 3.90. The molecule has 0 saturated carbocycles. The third-order valence-corrected chi connectivity index (χ3v) is 4.29. The Morgan fingerprint density at radius 1 is 1.33 bits per heavy atom. The molecule has 3 aromatic heterocycles. The van der Waals surface area contributed by atoms with Crippen LogP contribution in [-0.2, 0) is 17.8 Å². The van der Waals surface area contributed by atoms with Gasteiger partial charge in [0, 0.05) is 33.5 Å². The highest BCUT2D eigenvalue weighted by molar-refractivity contribution is 6.06. The van der Waals surface area contributed by atoms with Gasteiger partial charge in [-0.2, -0.15) is 0 Å². The van der Waals surface area contributed by atoms with Crippen molar-refractivity contribution >= 4 is 17.0 Å². The summed E-state index contributed by atoms with van der Waals surface area (Å²) in [7, 11) is 3.28. The molecule has 0 spiro atoms. The van der Waals surface area contributed by atoms with Gasteiger partial charge in [-0.25, -0.2) is 4.98 Å².